The van der Waals surface area contributed by atoms with Crippen LogP contribution >= 0.6 is 12.6 Å². The molecule has 0 aromatic rings. The van der Waals surface area contributed by atoms with Crippen molar-refractivity contribution in [2.24, 2.45) is 5.41 Å². The van der Waals surface area contributed by atoms with E-state index in [1.165, 1.54) is 32.1 Å². The summed E-state index contributed by atoms with van der Waals surface area (Å²) in [5, 5.41) is 0. The standard InChI is InChI=1S/C11H20O2S/c14-9-11(4-5-11)8-12-7-10-3-1-2-6-13-10/h10,14H,1-9H2. The highest BCUT2D eigenvalue weighted by atomic mass is 32.1. The Morgan fingerprint density at radius 2 is 2.21 bits per heavy atom. The highest BCUT2D eigenvalue weighted by Crippen LogP contribution is 2.46. The molecule has 1 aliphatic heterocycles. The third-order valence-electron chi connectivity index (χ3n) is 3.28. The summed E-state index contributed by atoms with van der Waals surface area (Å²) in [5.74, 6) is 0.971. The van der Waals surface area contributed by atoms with Gasteiger partial charge in [0.25, 0.3) is 0 Å². The molecule has 1 aliphatic carbocycles. The SMILES string of the molecule is SCC1(COCC2CCCCO2)CC1. The molecule has 0 spiro atoms. The van der Waals surface area contributed by atoms with Crippen molar-refractivity contribution in [3.8, 4) is 0 Å². The predicted molar refractivity (Wildman–Crippen MR) is 59.9 cm³/mol. The molecule has 0 amide bonds. The van der Waals surface area contributed by atoms with E-state index in [1.54, 1.807) is 0 Å². The van der Waals surface area contributed by atoms with Gasteiger partial charge >= 0.3 is 0 Å². The van der Waals surface area contributed by atoms with Gasteiger partial charge in [-0.15, -0.1) is 0 Å². The molecule has 1 unspecified atom stereocenters. The van der Waals surface area contributed by atoms with Gasteiger partial charge in [-0.25, -0.2) is 0 Å². The Labute approximate surface area is 91.8 Å². The van der Waals surface area contributed by atoms with Crippen LogP contribution in [0.5, 0.6) is 0 Å². The van der Waals surface area contributed by atoms with E-state index in [9.17, 15) is 0 Å². The number of thiol groups is 1. The lowest BCUT2D eigenvalue weighted by atomic mass is 10.1. The van der Waals surface area contributed by atoms with Gasteiger partial charge in [0.05, 0.1) is 19.3 Å². The molecular weight excluding hydrogens is 196 g/mol. The zero-order valence-corrected chi connectivity index (χ0v) is 9.60. The van der Waals surface area contributed by atoms with Gasteiger partial charge in [-0.05, 0) is 37.9 Å². The quantitative estimate of drug-likeness (QED) is 0.711. The smallest absolute Gasteiger partial charge is 0.0808 e. The van der Waals surface area contributed by atoms with Crippen LogP contribution in [0.15, 0.2) is 0 Å². The molecule has 14 heavy (non-hydrogen) atoms. The van der Waals surface area contributed by atoms with Crippen LogP contribution in [0.25, 0.3) is 0 Å². The molecule has 2 aliphatic rings. The van der Waals surface area contributed by atoms with Gasteiger partial charge in [0.1, 0.15) is 0 Å². The molecule has 2 nitrogen and oxygen atoms in total. The summed E-state index contributed by atoms with van der Waals surface area (Å²) in [5.41, 5.74) is 0.428. The second-order valence-electron chi connectivity index (χ2n) is 4.66. The summed E-state index contributed by atoms with van der Waals surface area (Å²) in [6, 6.07) is 0. The first-order chi connectivity index (χ1) is 6.85. The molecule has 0 radical (unpaired) electrons. The second kappa shape index (κ2) is 4.86. The van der Waals surface area contributed by atoms with Crippen LogP contribution in [-0.2, 0) is 9.47 Å². The minimum Gasteiger partial charge on any atom is -0.378 e. The Bertz CT molecular complexity index is 174. The summed E-state index contributed by atoms with van der Waals surface area (Å²) in [6.07, 6.45) is 6.64. The molecule has 0 N–H and O–H groups in total. The average Bonchev–Trinajstić information content (AvgIpc) is 3.00. The molecule has 2 rings (SSSR count). The molecular formula is C11H20O2S. The van der Waals surface area contributed by atoms with Gasteiger partial charge in [-0.3, -0.25) is 0 Å². The van der Waals surface area contributed by atoms with Crippen molar-refractivity contribution in [2.75, 3.05) is 25.6 Å². The van der Waals surface area contributed by atoms with E-state index in [1.807, 2.05) is 0 Å². The molecule has 3 heteroatoms. The maximum Gasteiger partial charge on any atom is 0.0808 e. The molecule has 1 heterocycles. The van der Waals surface area contributed by atoms with Crippen molar-refractivity contribution < 1.29 is 9.47 Å². The third kappa shape index (κ3) is 2.88. The highest BCUT2D eigenvalue weighted by Gasteiger charge is 2.41. The van der Waals surface area contributed by atoms with E-state index >= 15 is 0 Å². The lowest BCUT2D eigenvalue weighted by molar-refractivity contribution is -0.0474. The predicted octanol–water partition coefficient (Wildman–Crippen LogP) is 2.28. The topological polar surface area (TPSA) is 18.5 Å². The van der Waals surface area contributed by atoms with Gasteiger partial charge < -0.3 is 9.47 Å². The summed E-state index contributed by atoms with van der Waals surface area (Å²) in [4.78, 5) is 0. The van der Waals surface area contributed by atoms with Crippen molar-refractivity contribution in [1.29, 1.82) is 0 Å². The Balaban J connectivity index is 1.58. The summed E-state index contributed by atoms with van der Waals surface area (Å²) >= 11 is 4.35. The normalized spacial score (nSPS) is 30.2. The van der Waals surface area contributed by atoms with Gasteiger partial charge in [-0.1, -0.05) is 0 Å². The van der Waals surface area contributed by atoms with Crippen LogP contribution in [0, 0.1) is 5.41 Å². The van der Waals surface area contributed by atoms with Crippen LogP contribution in [0.1, 0.15) is 32.1 Å². The van der Waals surface area contributed by atoms with E-state index in [4.69, 9.17) is 9.47 Å². The monoisotopic (exact) mass is 216 g/mol. The molecule has 0 bridgehead atoms. The first-order valence-corrected chi connectivity index (χ1v) is 6.28. The van der Waals surface area contributed by atoms with E-state index in [2.05, 4.69) is 12.6 Å². The maximum atomic E-state index is 5.72. The molecule has 82 valence electrons. The number of hydrogen-bond donors (Lipinski definition) is 1. The van der Waals surface area contributed by atoms with Crippen molar-refractivity contribution in [2.45, 2.75) is 38.2 Å². The third-order valence-corrected chi connectivity index (χ3v) is 3.95. The van der Waals surface area contributed by atoms with Gasteiger partial charge in [0, 0.05) is 12.0 Å². The van der Waals surface area contributed by atoms with Crippen molar-refractivity contribution in [1.82, 2.24) is 0 Å². The average molecular weight is 216 g/mol. The van der Waals surface area contributed by atoms with Gasteiger partial charge in [0.2, 0.25) is 0 Å². The van der Waals surface area contributed by atoms with E-state index < -0.39 is 0 Å². The largest absolute Gasteiger partial charge is 0.378 e. The van der Waals surface area contributed by atoms with E-state index in [-0.39, 0.29) is 0 Å². The fourth-order valence-corrected chi connectivity index (χ4v) is 2.28. The minimum absolute atomic E-state index is 0.361. The van der Waals surface area contributed by atoms with Crippen LogP contribution in [0.2, 0.25) is 0 Å². The van der Waals surface area contributed by atoms with Crippen molar-refractivity contribution in [3.63, 3.8) is 0 Å². The lowest BCUT2D eigenvalue weighted by Gasteiger charge is -2.23. The minimum atomic E-state index is 0.361. The van der Waals surface area contributed by atoms with Crippen LogP contribution in [-0.4, -0.2) is 31.7 Å². The van der Waals surface area contributed by atoms with E-state index in [0.717, 1.165) is 25.6 Å². The second-order valence-corrected chi connectivity index (χ2v) is 4.98. The highest BCUT2D eigenvalue weighted by molar-refractivity contribution is 7.80. The van der Waals surface area contributed by atoms with E-state index in [0.29, 0.717) is 11.5 Å². The molecule has 1 saturated heterocycles. The first-order valence-electron chi connectivity index (χ1n) is 5.65. The number of hydrogen-bond acceptors (Lipinski definition) is 3. The Hall–Kier alpha value is 0.270. The number of ether oxygens (including phenoxy) is 2. The number of rotatable bonds is 5. The fourth-order valence-electron chi connectivity index (χ4n) is 1.87. The molecule has 1 atom stereocenters. The summed E-state index contributed by atoms with van der Waals surface area (Å²) < 4.78 is 11.3. The zero-order valence-electron chi connectivity index (χ0n) is 8.71. The van der Waals surface area contributed by atoms with Crippen molar-refractivity contribution in [3.05, 3.63) is 0 Å². The lowest BCUT2D eigenvalue weighted by Crippen LogP contribution is -2.26. The van der Waals surface area contributed by atoms with Crippen LogP contribution in [0.3, 0.4) is 0 Å². The van der Waals surface area contributed by atoms with Crippen LogP contribution in [0.4, 0.5) is 0 Å². The first kappa shape index (κ1) is 10.8. The molecule has 1 saturated carbocycles. The molecule has 2 fully saturated rings. The Morgan fingerprint density at radius 1 is 1.36 bits per heavy atom. The summed E-state index contributed by atoms with van der Waals surface area (Å²) in [7, 11) is 0. The Morgan fingerprint density at radius 3 is 2.79 bits per heavy atom. The molecule has 0 aromatic carbocycles. The van der Waals surface area contributed by atoms with Gasteiger partial charge in [-0.2, -0.15) is 12.6 Å². The molecule has 0 aromatic heterocycles. The van der Waals surface area contributed by atoms with Crippen LogP contribution < -0.4 is 0 Å². The Kier molecular flexibility index (Phi) is 3.74. The maximum absolute atomic E-state index is 5.72. The summed E-state index contributed by atoms with van der Waals surface area (Å²) in [6.45, 7) is 2.59. The van der Waals surface area contributed by atoms with Crippen molar-refractivity contribution >= 4 is 12.6 Å². The fraction of sp³-hybridized carbons (Fsp3) is 1.00. The van der Waals surface area contributed by atoms with Gasteiger partial charge in [0.15, 0.2) is 0 Å². The zero-order chi connectivity index (χ0) is 9.86.